The highest BCUT2D eigenvalue weighted by Gasteiger charge is 2.09. The highest BCUT2D eigenvalue weighted by molar-refractivity contribution is 6.30. The van der Waals surface area contributed by atoms with Gasteiger partial charge in [-0.15, -0.1) is 0 Å². The largest absolute Gasteiger partial charge is 0.459 e. The van der Waals surface area contributed by atoms with Crippen LogP contribution < -0.4 is 5.32 Å². The summed E-state index contributed by atoms with van der Waals surface area (Å²) in [6.45, 7) is 1.86. The fourth-order valence-corrected chi connectivity index (χ4v) is 1.50. The van der Waals surface area contributed by atoms with E-state index in [9.17, 15) is 4.79 Å². The molecule has 4 heteroatoms. The molecule has 1 aromatic carbocycles. The van der Waals surface area contributed by atoms with Crippen molar-refractivity contribution in [3.63, 3.8) is 0 Å². The standard InChI is InChI=1S/C12H10ClNO2/c1-8-5-11(16-7-8)12(15)14-10-4-2-3-9(13)6-10/h2-7H,1H3,(H,14,15). The maximum absolute atomic E-state index is 11.7. The van der Waals surface area contributed by atoms with Crippen molar-refractivity contribution in [3.05, 3.63) is 52.9 Å². The van der Waals surface area contributed by atoms with Gasteiger partial charge < -0.3 is 9.73 Å². The molecule has 0 radical (unpaired) electrons. The summed E-state index contributed by atoms with van der Waals surface area (Å²) in [7, 11) is 0. The van der Waals surface area contributed by atoms with E-state index in [0.717, 1.165) is 5.56 Å². The third kappa shape index (κ3) is 2.44. The van der Waals surface area contributed by atoms with Crippen LogP contribution in [0, 0.1) is 6.92 Å². The van der Waals surface area contributed by atoms with Crippen molar-refractivity contribution in [1.82, 2.24) is 0 Å². The summed E-state index contributed by atoms with van der Waals surface area (Å²) in [6.07, 6.45) is 1.53. The predicted octanol–water partition coefficient (Wildman–Crippen LogP) is 3.49. The Morgan fingerprint density at radius 2 is 2.19 bits per heavy atom. The minimum absolute atomic E-state index is 0.282. The van der Waals surface area contributed by atoms with Crippen LogP contribution in [0.2, 0.25) is 5.02 Å². The second-order valence-electron chi connectivity index (χ2n) is 3.45. The number of aryl methyl sites for hydroxylation is 1. The molecule has 2 aromatic rings. The van der Waals surface area contributed by atoms with Gasteiger partial charge in [0.05, 0.1) is 6.26 Å². The van der Waals surface area contributed by atoms with Crippen LogP contribution in [0.1, 0.15) is 16.1 Å². The Balaban J connectivity index is 2.13. The zero-order valence-corrected chi connectivity index (χ0v) is 9.41. The van der Waals surface area contributed by atoms with Crippen LogP contribution in [0.25, 0.3) is 0 Å². The van der Waals surface area contributed by atoms with Crippen molar-refractivity contribution < 1.29 is 9.21 Å². The molecule has 82 valence electrons. The number of benzene rings is 1. The van der Waals surface area contributed by atoms with E-state index in [1.165, 1.54) is 6.26 Å². The fourth-order valence-electron chi connectivity index (χ4n) is 1.31. The molecule has 0 aliphatic carbocycles. The molecule has 1 aromatic heterocycles. The molecule has 1 heterocycles. The van der Waals surface area contributed by atoms with Gasteiger partial charge in [0.2, 0.25) is 0 Å². The van der Waals surface area contributed by atoms with Crippen molar-refractivity contribution in [3.8, 4) is 0 Å². The van der Waals surface area contributed by atoms with E-state index in [4.69, 9.17) is 16.0 Å². The van der Waals surface area contributed by atoms with E-state index in [0.29, 0.717) is 10.7 Å². The van der Waals surface area contributed by atoms with Gasteiger partial charge >= 0.3 is 0 Å². The Morgan fingerprint density at radius 3 is 2.81 bits per heavy atom. The first kappa shape index (κ1) is 10.8. The third-order valence-corrected chi connectivity index (χ3v) is 2.27. The lowest BCUT2D eigenvalue weighted by Crippen LogP contribution is -2.10. The molecule has 0 bridgehead atoms. The molecule has 0 unspecified atom stereocenters. The Hall–Kier alpha value is -1.74. The summed E-state index contributed by atoms with van der Waals surface area (Å²) in [5.41, 5.74) is 1.56. The first-order chi connectivity index (χ1) is 7.65. The number of amides is 1. The Labute approximate surface area is 98.0 Å². The normalized spacial score (nSPS) is 10.1. The molecule has 0 saturated heterocycles. The van der Waals surface area contributed by atoms with E-state index in [-0.39, 0.29) is 11.7 Å². The summed E-state index contributed by atoms with van der Waals surface area (Å²) >= 11 is 5.80. The number of rotatable bonds is 2. The summed E-state index contributed by atoms with van der Waals surface area (Å²) in [6, 6.07) is 8.63. The summed E-state index contributed by atoms with van der Waals surface area (Å²) < 4.78 is 5.08. The van der Waals surface area contributed by atoms with Crippen LogP contribution in [0.4, 0.5) is 5.69 Å². The zero-order chi connectivity index (χ0) is 11.5. The van der Waals surface area contributed by atoms with Crippen LogP contribution >= 0.6 is 11.6 Å². The van der Waals surface area contributed by atoms with Crippen LogP contribution in [-0.2, 0) is 0 Å². The van der Waals surface area contributed by atoms with Crippen LogP contribution in [-0.4, -0.2) is 5.91 Å². The molecule has 0 saturated carbocycles. The van der Waals surface area contributed by atoms with Gasteiger partial charge in [-0.3, -0.25) is 4.79 Å². The van der Waals surface area contributed by atoms with E-state index in [1.54, 1.807) is 30.3 Å². The minimum atomic E-state index is -0.282. The predicted molar refractivity (Wildman–Crippen MR) is 62.9 cm³/mol. The van der Waals surface area contributed by atoms with E-state index in [2.05, 4.69) is 5.32 Å². The smallest absolute Gasteiger partial charge is 0.291 e. The molecule has 2 rings (SSSR count). The van der Waals surface area contributed by atoms with Crippen molar-refractivity contribution >= 4 is 23.2 Å². The fraction of sp³-hybridized carbons (Fsp3) is 0.0833. The van der Waals surface area contributed by atoms with Gasteiger partial charge in [-0.2, -0.15) is 0 Å². The zero-order valence-electron chi connectivity index (χ0n) is 8.66. The van der Waals surface area contributed by atoms with E-state index >= 15 is 0 Å². The van der Waals surface area contributed by atoms with Gasteiger partial charge in [-0.05, 0) is 36.8 Å². The van der Waals surface area contributed by atoms with Crippen LogP contribution in [0.5, 0.6) is 0 Å². The number of hydrogen-bond donors (Lipinski definition) is 1. The maximum atomic E-state index is 11.7. The van der Waals surface area contributed by atoms with Crippen molar-refractivity contribution in [2.24, 2.45) is 0 Å². The van der Waals surface area contributed by atoms with Gasteiger partial charge in [0, 0.05) is 10.7 Å². The third-order valence-electron chi connectivity index (χ3n) is 2.04. The lowest BCUT2D eigenvalue weighted by Gasteiger charge is -2.02. The van der Waals surface area contributed by atoms with Crippen LogP contribution in [0.15, 0.2) is 41.0 Å². The SMILES string of the molecule is Cc1coc(C(=O)Nc2cccc(Cl)c2)c1. The molecule has 3 nitrogen and oxygen atoms in total. The molecular weight excluding hydrogens is 226 g/mol. The molecule has 0 aliphatic heterocycles. The molecule has 1 amide bonds. The maximum Gasteiger partial charge on any atom is 0.291 e. The molecule has 0 spiro atoms. The lowest BCUT2D eigenvalue weighted by molar-refractivity contribution is 0.0996. The topological polar surface area (TPSA) is 42.2 Å². The highest BCUT2D eigenvalue weighted by atomic mass is 35.5. The molecular formula is C12H10ClNO2. The second-order valence-corrected chi connectivity index (χ2v) is 3.89. The molecule has 0 aliphatic rings. The van der Waals surface area contributed by atoms with E-state index < -0.39 is 0 Å². The highest BCUT2D eigenvalue weighted by Crippen LogP contribution is 2.16. The number of nitrogens with one attached hydrogen (secondary N) is 1. The van der Waals surface area contributed by atoms with Gasteiger partial charge in [0.15, 0.2) is 5.76 Å². The number of carbonyl (C=O) groups is 1. The molecule has 0 fully saturated rings. The molecule has 0 atom stereocenters. The number of halogens is 1. The summed E-state index contributed by atoms with van der Waals surface area (Å²) in [5.74, 6) is 0.00726. The monoisotopic (exact) mass is 235 g/mol. The number of hydrogen-bond acceptors (Lipinski definition) is 2. The van der Waals surface area contributed by atoms with Gasteiger partial charge in [-0.25, -0.2) is 0 Å². The van der Waals surface area contributed by atoms with Crippen LogP contribution in [0.3, 0.4) is 0 Å². The first-order valence-electron chi connectivity index (χ1n) is 4.77. The first-order valence-corrected chi connectivity index (χ1v) is 5.15. The quantitative estimate of drug-likeness (QED) is 0.866. The second kappa shape index (κ2) is 4.41. The minimum Gasteiger partial charge on any atom is -0.459 e. The summed E-state index contributed by atoms with van der Waals surface area (Å²) in [5, 5.41) is 3.27. The molecule has 16 heavy (non-hydrogen) atoms. The number of furan rings is 1. The number of carbonyl (C=O) groups excluding carboxylic acids is 1. The molecule has 1 N–H and O–H groups in total. The summed E-state index contributed by atoms with van der Waals surface area (Å²) in [4.78, 5) is 11.7. The lowest BCUT2D eigenvalue weighted by atomic mass is 10.3. The van der Waals surface area contributed by atoms with Gasteiger partial charge in [0.1, 0.15) is 0 Å². The van der Waals surface area contributed by atoms with Crippen molar-refractivity contribution in [2.75, 3.05) is 5.32 Å². The Kier molecular flexibility index (Phi) is 2.97. The number of anilines is 1. The van der Waals surface area contributed by atoms with Crippen molar-refractivity contribution in [2.45, 2.75) is 6.92 Å². The van der Waals surface area contributed by atoms with Gasteiger partial charge in [0.25, 0.3) is 5.91 Å². The van der Waals surface area contributed by atoms with Crippen molar-refractivity contribution in [1.29, 1.82) is 0 Å². The Morgan fingerprint density at radius 1 is 1.38 bits per heavy atom. The van der Waals surface area contributed by atoms with E-state index in [1.807, 2.05) is 6.92 Å². The average molecular weight is 236 g/mol. The van der Waals surface area contributed by atoms with Gasteiger partial charge in [-0.1, -0.05) is 17.7 Å². The average Bonchev–Trinajstić information content (AvgIpc) is 2.65. The Bertz CT molecular complexity index is 519.